The van der Waals surface area contributed by atoms with Crippen molar-refractivity contribution in [1.82, 2.24) is 20.4 Å². The Morgan fingerprint density at radius 3 is 2.40 bits per heavy atom. The van der Waals surface area contributed by atoms with Gasteiger partial charge in [-0.15, -0.1) is 0 Å². The van der Waals surface area contributed by atoms with Gasteiger partial charge >= 0.3 is 13.0 Å². The van der Waals surface area contributed by atoms with Crippen LogP contribution in [0.5, 0.6) is 0 Å². The molecule has 1 fully saturated rings. The fourth-order valence-corrected chi connectivity index (χ4v) is 4.99. The van der Waals surface area contributed by atoms with E-state index in [0.717, 1.165) is 5.56 Å². The van der Waals surface area contributed by atoms with Crippen molar-refractivity contribution in [1.29, 1.82) is 0 Å². The number of nitrogens with one attached hydrogen (secondary N) is 2. The van der Waals surface area contributed by atoms with Crippen LogP contribution in [0.25, 0.3) is 11.3 Å². The number of nitrogens with zero attached hydrogens (tertiary/aromatic N) is 2. The maximum Gasteiger partial charge on any atom is 0.475 e. The summed E-state index contributed by atoms with van der Waals surface area (Å²) in [7, 11) is 1.95. The number of ether oxygens (including phenoxy) is 1. The molecule has 11 nitrogen and oxygen atoms in total. The number of aliphatic hydroxyl groups excluding tert-OH is 1. The van der Waals surface area contributed by atoms with E-state index in [1.807, 2.05) is 44.2 Å². The molecule has 0 unspecified atom stereocenters. The van der Waals surface area contributed by atoms with Crippen molar-refractivity contribution in [2.24, 2.45) is 11.8 Å². The highest BCUT2D eigenvalue weighted by Gasteiger charge is 2.45. The topological polar surface area (TPSA) is 147 Å². The van der Waals surface area contributed by atoms with Crippen molar-refractivity contribution in [2.45, 2.75) is 71.1 Å². The summed E-state index contributed by atoms with van der Waals surface area (Å²) in [6.45, 7) is 7.02. The van der Waals surface area contributed by atoms with E-state index in [0.29, 0.717) is 25.0 Å². The minimum Gasteiger partial charge on any atom is -0.518 e. The number of rotatable bonds is 10. The van der Waals surface area contributed by atoms with E-state index in [9.17, 15) is 24.3 Å². The first kappa shape index (κ1) is 32.7. The SMILES string of the molecule is COC(=O)[C@@H]1CC[C@@H](C)C(=O)OB([C@H](CC(C)C)NC(=O)[C@@H](NC(=O)c2cccc(-c3ccccc3)n2)[C@@H](C)O)N1C. The monoisotopic (exact) mass is 580 g/mol. The lowest BCUT2D eigenvalue weighted by Gasteiger charge is -2.38. The van der Waals surface area contributed by atoms with Crippen molar-refractivity contribution in [3.05, 3.63) is 54.2 Å². The molecule has 12 heteroatoms. The quantitative estimate of drug-likeness (QED) is 0.284. The van der Waals surface area contributed by atoms with Gasteiger partial charge in [0.15, 0.2) is 0 Å². The third-order valence-corrected chi connectivity index (χ3v) is 7.38. The van der Waals surface area contributed by atoms with Gasteiger partial charge in [0.1, 0.15) is 17.8 Å². The Hall–Kier alpha value is -3.77. The predicted octanol–water partition coefficient (Wildman–Crippen LogP) is 2.23. The standard InChI is InChI=1S/C30H41BN4O7/c1-18(2)17-25(31-35(5)24(30(40)41-6)16-15-19(3)29(39)42-31)33-28(38)26(20(4)36)34-27(37)23-14-10-13-22(32-23)21-11-8-7-9-12-21/h7-14,18-20,24-26,36H,15-17H2,1-6H3,(H,33,38)(H,34,37)/t19-,20-,24+,25+,26+/m1/s1. The van der Waals surface area contributed by atoms with Crippen LogP contribution in [0.3, 0.4) is 0 Å². The fraction of sp³-hybridized carbons (Fsp3) is 0.500. The van der Waals surface area contributed by atoms with Crippen LogP contribution in [0.1, 0.15) is 57.4 Å². The first-order chi connectivity index (χ1) is 19.9. The second-order valence-electron chi connectivity index (χ2n) is 11.2. The lowest BCUT2D eigenvalue weighted by molar-refractivity contribution is -0.149. The molecule has 1 aliphatic heterocycles. The van der Waals surface area contributed by atoms with E-state index in [4.69, 9.17) is 9.39 Å². The molecule has 5 atom stereocenters. The molecule has 42 heavy (non-hydrogen) atoms. The van der Waals surface area contributed by atoms with Crippen LogP contribution in [-0.2, 0) is 23.8 Å². The molecule has 2 aromatic rings. The molecule has 0 spiro atoms. The van der Waals surface area contributed by atoms with E-state index >= 15 is 0 Å². The molecule has 1 aromatic carbocycles. The highest BCUT2D eigenvalue weighted by atomic mass is 16.5. The molecule has 226 valence electrons. The zero-order valence-corrected chi connectivity index (χ0v) is 25.1. The van der Waals surface area contributed by atoms with Crippen molar-refractivity contribution in [3.8, 4) is 11.3 Å². The number of methoxy groups -OCH3 is 1. The first-order valence-electron chi connectivity index (χ1n) is 14.2. The number of aromatic nitrogens is 1. The average Bonchev–Trinajstić information content (AvgIpc) is 2.97. The minimum absolute atomic E-state index is 0.0614. The number of pyridine rings is 1. The second kappa shape index (κ2) is 14.9. The lowest BCUT2D eigenvalue weighted by atomic mass is 9.65. The number of esters is 1. The number of aliphatic hydroxyl groups is 1. The maximum absolute atomic E-state index is 13.6. The van der Waals surface area contributed by atoms with Crippen LogP contribution >= 0.6 is 0 Å². The Balaban J connectivity index is 1.85. The summed E-state index contributed by atoms with van der Waals surface area (Å²) in [6, 6.07) is 12.3. The molecular formula is C30H41BN4O7. The molecule has 3 rings (SSSR count). The van der Waals surface area contributed by atoms with Gasteiger partial charge in [-0.25, -0.2) is 4.98 Å². The van der Waals surface area contributed by atoms with Crippen LogP contribution in [-0.4, -0.2) is 84.0 Å². The number of carbonyl (C=O) groups excluding carboxylic acids is 4. The summed E-state index contributed by atoms with van der Waals surface area (Å²) >= 11 is 0. The van der Waals surface area contributed by atoms with Gasteiger partial charge in [-0.3, -0.25) is 24.0 Å². The first-order valence-corrected chi connectivity index (χ1v) is 14.2. The van der Waals surface area contributed by atoms with E-state index in [-0.39, 0.29) is 11.6 Å². The van der Waals surface area contributed by atoms with Crippen molar-refractivity contribution in [3.63, 3.8) is 0 Å². The summed E-state index contributed by atoms with van der Waals surface area (Å²) in [5.41, 5.74) is 1.49. The highest BCUT2D eigenvalue weighted by molar-refractivity contribution is 6.53. The van der Waals surface area contributed by atoms with Gasteiger partial charge in [-0.2, -0.15) is 0 Å². The van der Waals surface area contributed by atoms with Crippen molar-refractivity contribution in [2.75, 3.05) is 14.2 Å². The Kier molecular flexibility index (Phi) is 11.6. The summed E-state index contributed by atoms with van der Waals surface area (Å²) in [5, 5.41) is 16.0. The second-order valence-corrected chi connectivity index (χ2v) is 11.2. The van der Waals surface area contributed by atoms with Gasteiger partial charge in [-0.1, -0.05) is 57.2 Å². The molecule has 1 aromatic heterocycles. The van der Waals surface area contributed by atoms with Gasteiger partial charge in [0.25, 0.3) is 11.9 Å². The van der Waals surface area contributed by atoms with Gasteiger partial charge in [0, 0.05) is 5.56 Å². The van der Waals surface area contributed by atoms with Gasteiger partial charge in [0.05, 0.1) is 30.8 Å². The third kappa shape index (κ3) is 8.39. The van der Waals surface area contributed by atoms with Crippen LogP contribution in [0.2, 0.25) is 0 Å². The van der Waals surface area contributed by atoms with Crippen molar-refractivity contribution < 1.29 is 33.7 Å². The molecule has 1 aliphatic rings. The van der Waals surface area contributed by atoms with Gasteiger partial charge in [0.2, 0.25) is 5.91 Å². The Bertz CT molecular complexity index is 1240. The molecule has 2 heterocycles. The fourth-order valence-electron chi connectivity index (χ4n) is 4.99. The normalized spacial score (nSPS) is 20.0. The summed E-state index contributed by atoms with van der Waals surface area (Å²) in [6.07, 6.45) is -0.0599. The third-order valence-electron chi connectivity index (χ3n) is 7.38. The molecule has 3 N–H and O–H groups in total. The Morgan fingerprint density at radius 1 is 1.10 bits per heavy atom. The Labute approximate surface area is 247 Å². The smallest absolute Gasteiger partial charge is 0.475 e. The maximum atomic E-state index is 13.6. The molecule has 0 saturated carbocycles. The summed E-state index contributed by atoms with van der Waals surface area (Å²) < 4.78 is 10.9. The van der Waals surface area contributed by atoms with Crippen LogP contribution in [0.4, 0.5) is 0 Å². The largest absolute Gasteiger partial charge is 0.518 e. The van der Waals surface area contributed by atoms with Gasteiger partial charge in [-0.05, 0) is 51.3 Å². The minimum atomic E-state index is -1.33. The average molecular weight is 580 g/mol. The summed E-state index contributed by atoms with van der Waals surface area (Å²) in [5.74, 6) is -3.37. The van der Waals surface area contributed by atoms with Crippen molar-refractivity contribution >= 4 is 30.8 Å². The number of likely N-dealkylation sites (N-methyl/N-ethyl adjacent to an activating group) is 1. The number of benzene rings is 1. The number of carbonyl (C=O) groups is 4. The number of hydrogen-bond donors (Lipinski definition) is 3. The van der Waals surface area contributed by atoms with E-state index in [1.165, 1.54) is 20.1 Å². The van der Waals surface area contributed by atoms with E-state index in [1.54, 1.807) is 30.9 Å². The van der Waals surface area contributed by atoms with Gasteiger partial charge < -0.3 is 25.1 Å². The molecule has 0 bridgehead atoms. The molecule has 1 saturated heterocycles. The lowest BCUT2D eigenvalue weighted by Crippen LogP contribution is -2.64. The number of amides is 2. The molecule has 0 radical (unpaired) electrons. The summed E-state index contributed by atoms with van der Waals surface area (Å²) in [4.78, 5) is 58.3. The van der Waals surface area contributed by atoms with E-state index in [2.05, 4.69) is 15.6 Å². The molecular weight excluding hydrogens is 539 g/mol. The zero-order chi connectivity index (χ0) is 31.0. The zero-order valence-electron chi connectivity index (χ0n) is 25.1. The highest BCUT2D eigenvalue weighted by Crippen LogP contribution is 2.23. The van der Waals surface area contributed by atoms with Crippen LogP contribution in [0.15, 0.2) is 48.5 Å². The predicted molar refractivity (Wildman–Crippen MR) is 158 cm³/mol. The molecule has 0 aliphatic carbocycles. The Morgan fingerprint density at radius 2 is 1.79 bits per heavy atom. The van der Waals surface area contributed by atoms with E-state index < -0.39 is 60.9 Å². The number of hydrogen-bond acceptors (Lipinski definition) is 9. The van der Waals surface area contributed by atoms with Crippen LogP contribution in [0, 0.1) is 11.8 Å². The molecule has 2 amide bonds. The van der Waals surface area contributed by atoms with Crippen LogP contribution < -0.4 is 10.6 Å².